The van der Waals surface area contributed by atoms with Gasteiger partial charge in [0.25, 0.3) is 0 Å². The first kappa shape index (κ1) is 23.5. The molecule has 38 heavy (non-hydrogen) atoms. The van der Waals surface area contributed by atoms with Crippen LogP contribution < -0.4 is 9.80 Å². The van der Waals surface area contributed by atoms with E-state index in [9.17, 15) is 8.78 Å². The van der Waals surface area contributed by atoms with Gasteiger partial charge in [0.15, 0.2) is 11.6 Å². The quantitative estimate of drug-likeness (QED) is 0.248. The maximum atomic E-state index is 14.1. The summed E-state index contributed by atoms with van der Waals surface area (Å²) in [5.41, 5.74) is 4.52. The van der Waals surface area contributed by atoms with Gasteiger partial charge >= 0.3 is 0 Å². The molecule has 8 heteroatoms. The number of hydrogen-bond acceptors (Lipinski definition) is 6. The van der Waals surface area contributed by atoms with E-state index in [1.54, 1.807) is 0 Å². The van der Waals surface area contributed by atoms with E-state index in [0.717, 1.165) is 86.0 Å². The van der Waals surface area contributed by atoms with Crippen LogP contribution in [0.3, 0.4) is 0 Å². The topological polar surface area (TPSA) is 38.7 Å². The molecule has 1 aromatic heterocycles. The summed E-state index contributed by atoms with van der Waals surface area (Å²) in [7, 11) is 4.32. The number of rotatable bonds is 2. The Bertz CT molecular complexity index is 1580. The molecular formula is C30H30F2N6. The highest BCUT2D eigenvalue weighted by molar-refractivity contribution is 6.24. The minimum absolute atomic E-state index is 0.356. The normalized spacial score (nSPS) is 17.9. The molecule has 7 rings (SSSR count). The number of piperazine rings is 2. The molecular weight excluding hydrogens is 482 g/mol. The Kier molecular flexibility index (Phi) is 5.56. The highest BCUT2D eigenvalue weighted by Crippen LogP contribution is 2.38. The number of hydrogen-bond donors (Lipinski definition) is 0. The van der Waals surface area contributed by atoms with Crippen LogP contribution >= 0.6 is 0 Å². The fourth-order valence-electron chi connectivity index (χ4n) is 5.87. The van der Waals surface area contributed by atoms with Crippen LogP contribution in [0.1, 0.15) is 0 Å². The number of aromatic nitrogens is 2. The van der Waals surface area contributed by atoms with Gasteiger partial charge in [-0.3, -0.25) is 0 Å². The van der Waals surface area contributed by atoms with Crippen molar-refractivity contribution in [1.29, 1.82) is 0 Å². The van der Waals surface area contributed by atoms with Crippen molar-refractivity contribution in [3.8, 4) is 0 Å². The first-order valence-corrected chi connectivity index (χ1v) is 13.3. The molecule has 2 saturated heterocycles. The van der Waals surface area contributed by atoms with Crippen LogP contribution in [0.5, 0.6) is 0 Å². The molecule has 2 aliphatic rings. The van der Waals surface area contributed by atoms with Crippen LogP contribution in [-0.2, 0) is 0 Å². The van der Waals surface area contributed by atoms with Crippen molar-refractivity contribution >= 4 is 55.0 Å². The molecule has 0 atom stereocenters. The largest absolute Gasteiger partial charge is 0.369 e. The molecule has 2 aliphatic heterocycles. The maximum Gasteiger partial charge on any atom is 0.161 e. The Hall–Kier alpha value is -3.62. The van der Waals surface area contributed by atoms with Crippen LogP contribution in [0.2, 0.25) is 0 Å². The Labute approximate surface area is 220 Å². The predicted molar refractivity (Wildman–Crippen MR) is 151 cm³/mol. The molecule has 194 valence electrons. The highest BCUT2D eigenvalue weighted by atomic mass is 19.2. The second-order valence-corrected chi connectivity index (χ2v) is 10.7. The number of nitrogens with zero attached hydrogens (tertiary/aromatic N) is 6. The van der Waals surface area contributed by atoms with E-state index in [1.807, 2.05) is 0 Å². The van der Waals surface area contributed by atoms with Crippen LogP contribution in [0.15, 0.2) is 48.5 Å². The van der Waals surface area contributed by atoms with Crippen LogP contribution in [0.4, 0.5) is 20.2 Å². The van der Waals surface area contributed by atoms with E-state index < -0.39 is 11.6 Å². The number of halogens is 2. The average Bonchev–Trinajstić information content (AvgIpc) is 2.93. The summed E-state index contributed by atoms with van der Waals surface area (Å²) in [6.45, 7) is 8.05. The van der Waals surface area contributed by atoms with E-state index in [-0.39, 0.29) is 0 Å². The summed E-state index contributed by atoms with van der Waals surface area (Å²) in [5, 5.41) is 4.16. The molecule has 0 unspecified atom stereocenters. The minimum atomic E-state index is -0.912. The number of benzene rings is 4. The number of likely N-dealkylation sites (N-methyl/N-ethyl adjacent to an activating group) is 2. The zero-order chi connectivity index (χ0) is 26.0. The molecule has 0 bridgehead atoms. The maximum absolute atomic E-state index is 14.1. The molecule has 0 amide bonds. The standard InChI is InChI=1S/C30H30F2N6/c1-35-7-11-37(12-8-35)19-3-5-21-23(15-19)24-16-20(38-13-9-36(2)10-14-38)4-6-22(24)30-29(21)33-27-17-25(31)26(32)18-28(27)34-30/h3-6,15-18H,7-14H2,1-2H3. The van der Waals surface area contributed by atoms with Crippen LogP contribution in [0, 0.1) is 11.6 Å². The zero-order valence-corrected chi connectivity index (χ0v) is 21.7. The zero-order valence-electron chi connectivity index (χ0n) is 21.7. The van der Waals surface area contributed by atoms with E-state index in [2.05, 4.69) is 70.1 Å². The van der Waals surface area contributed by atoms with Gasteiger partial charge in [0, 0.05) is 86.6 Å². The lowest BCUT2D eigenvalue weighted by Gasteiger charge is -2.34. The highest BCUT2D eigenvalue weighted by Gasteiger charge is 2.20. The molecule has 6 nitrogen and oxygen atoms in total. The average molecular weight is 513 g/mol. The summed E-state index contributed by atoms with van der Waals surface area (Å²) in [4.78, 5) is 19.2. The summed E-state index contributed by atoms with van der Waals surface area (Å²) < 4.78 is 28.2. The molecule has 2 fully saturated rings. The van der Waals surface area contributed by atoms with Gasteiger partial charge < -0.3 is 19.6 Å². The lowest BCUT2D eigenvalue weighted by atomic mass is 9.97. The van der Waals surface area contributed by atoms with Crippen molar-refractivity contribution in [2.45, 2.75) is 0 Å². The van der Waals surface area contributed by atoms with Crippen molar-refractivity contribution in [2.75, 3.05) is 76.3 Å². The van der Waals surface area contributed by atoms with Gasteiger partial charge in [-0.15, -0.1) is 0 Å². The summed E-state index contributed by atoms with van der Waals surface area (Å²) >= 11 is 0. The van der Waals surface area contributed by atoms with Gasteiger partial charge in [-0.25, -0.2) is 18.7 Å². The summed E-state index contributed by atoms with van der Waals surface area (Å²) in [5.74, 6) is -1.82. The molecule has 0 aliphatic carbocycles. The van der Waals surface area contributed by atoms with Gasteiger partial charge in [0.05, 0.1) is 22.1 Å². The van der Waals surface area contributed by atoms with E-state index in [4.69, 9.17) is 9.97 Å². The van der Waals surface area contributed by atoms with Crippen LogP contribution in [-0.4, -0.2) is 86.2 Å². The first-order valence-electron chi connectivity index (χ1n) is 13.3. The molecule has 0 radical (unpaired) electrons. The second-order valence-electron chi connectivity index (χ2n) is 10.7. The lowest BCUT2D eigenvalue weighted by molar-refractivity contribution is 0.313. The summed E-state index contributed by atoms with van der Waals surface area (Å²) in [6.07, 6.45) is 0. The van der Waals surface area contributed by atoms with Crippen molar-refractivity contribution in [1.82, 2.24) is 19.8 Å². The fraction of sp³-hybridized carbons (Fsp3) is 0.333. The van der Waals surface area contributed by atoms with Crippen molar-refractivity contribution in [3.63, 3.8) is 0 Å². The molecule has 0 saturated carbocycles. The SMILES string of the molecule is CN1CCN(c2ccc3c(c2)c2cc(N4CCN(C)CC4)ccc2c2nc4cc(F)c(F)cc4nc32)CC1. The number of fused-ring (bicyclic) bond motifs is 7. The van der Waals surface area contributed by atoms with Crippen molar-refractivity contribution in [3.05, 3.63) is 60.2 Å². The summed E-state index contributed by atoms with van der Waals surface area (Å²) in [6, 6.07) is 15.4. The van der Waals surface area contributed by atoms with Gasteiger partial charge in [-0.05, 0) is 49.1 Å². The van der Waals surface area contributed by atoms with E-state index in [0.29, 0.717) is 22.1 Å². The molecule has 4 aromatic carbocycles. The predicted octanol–water partition coefficient (Wildman–Crippen LogP) is 4.87. The monoisotopic (exact) mass is 512 g/mol. The Balaban J connectivity index is 1.49. The second kappa shape index (κ2) is 8.99. The smallest absolute Gasteiger partial charge is 0.161 e. The van der Waals surface area contributed by atoms with Crippen molar-refractivity contribution in [2.24, 2.45) is 0 Å². The fourth-order valence-corrected chi connectivity index (χ4v) is 5.87. The Morgan fingerprint density at radius 2 is 0.921 bits per heavy atom. The van der Waals surface area contributed by atoms with Crippen molar-refractivity contribution < 1.29 is 8.78 Å². The van der Waals surface area contributed by atoms with E-state index in [1.165, 1.54) is 11.4 Å². The molecule has 0 spiro atoms. The molecule has 0 N–H and O–H groups in total. The first-order chi connectivity index (χ1) is 18.4. The number of anilines is 2. The minimum Gasteiger partial charge on any atom is -0.369 e. The van der Waals surface area contributed by atoms with E-state index >= 15 is 0 Å². The van der Waals surface area contributed by atoms with Gasteiger partial charge in [0.2, 0.25) is 0 Å². The Morgan fingerprint density at radius 3 is 1.32 bits per heavy atom. The van der Waals surface area contributed by atoms with Gasteiger partial charge in [-0.2, -0.15) is 0 Å². The molecule has 5 aromatic rings. The third-order valence-electron chi connectivity index (χ3n) is 8.25. The van der Waals surface area contributed by atoms with Gasteiger partial charge in [0.1, 0.15) is 0 Å². The third-order valence-corrected chi connectivity index (χ3v) is 8.25. The third kappa shape index (κ3) is 3.90. The Morgan fingerprint density at radius 1 is 0.526 bits per heavy atom. The van der Waals surface area contributed by atoms with Crippen LogP contribution in [0.25, 0.3) is 43.6 Å². The molecule has 3 heterocycles. The lowest BCUT2D eigenvalue weighted by Crippen LogP contribution is -2.44. The van der Waals surface area contributed by atoms with Gasteiger partial charge in [-0.1, -0.05) is 12.1 Å².